The number of amides is 3. The first-order valence-corrected chi connectivity index (χ1v) is 26.0. The molecule has 0 aromatic heterocycles. The van der Waals surface area contributed by atoms with Crippen molar-refractivity contribution in [2.75, 3.05) is 33.0 Å². The Morgan fingerprint density at radius 3 is 2.08 bits per heavy atom. The van der Waals surface area contributed by atoms with E-state index in [9.17, 15) is 59.6 Å². The minimum atomic E-state index is -5.29. The second-order valence-electron chi connectivity index (χ2n) is 20.0. The number of hydrogen-bond donors (Lipinski definition) is 11. The van der Waals surface area contributed by atoms with Crippen LogP contribution >= 0.6 is 7.82 Å². The number of aliphatic hydroxyl groups is 7. The van der Waals surface area contributed by atoms with E-state index in [1.807, 2.05) is 13.0 Å². The van der Waals surface area contributed by atoms with Gasteiger partial charge in [-0.25, -0.2) is 9.36 Å². The Kier molecular flexibility index (Phi) is 26.1. The Morgan fingerprint density at radius 1 is 0.824 bits per heavy atom. The van der Waals surface area contributed by atoms with Crippen LogP contribution in [0.25, 0.3) is 0 Å². The number of primary amides is 2. The van der Waals surface area contributed by atoms with Gasteiger partial charge in [-0.3, -0.25) is 18.6 Å². The van der Waals surface area contributed by atoms with Crippen LogP contribution in [0, 0.1) is 5.41 Å². The number of allylic oxidation sites excluding steroid dienone is 8. The van der Waals surface area contributed by atoms with Gasteiger partial charge in [0.05, 0.1) is 33.0 Å². The number of aliphatic hydroxyl groups excluding tert-OH is 6. The van der Waals surface area contributed by atoms with Crippen LogP contribution in [0.1, 0.15) is 100 Å². The maximum atomic E-state index is 13.5. The zero-order valence-corrected chi connectivity index (χ0v) is 44.5. The maximum Gasteiger partial charge on any atom is 0.474 e. The molecule has 0 aliphatic carbocycles. The summed E-state index contributed by atoms with van der Waals surface area (Å²) < 4.78 is 62.8. The SMILES string of the molecule is C=C(C/C=C(\C)CCC=C(C)C)CCC(C)(C)/C=C/CC/C(C)=C\COCCOP(=O)(O)OC1OC(C(N)=O)C(C)(O)C(OC(N)=O)C1OC1OC(COC2OC(CO)C(O)C(O)C2O)C(O)C(O)C1NC(C)=O. The van der Waals surface area contributed by atoms with Crippen molar-refractivity contribution in [1.82, 2.24) is 5.32 Å². The third kappa shape index (κ3) is 20.5. The van der Waals surface area contributed by atoms with Crippen molar-refractivity contribution < 1.29 is 102 Å². The minimum absolute atomic E-state index is 0.0142. The summed E-state index contributed by atoms with van der Waals surface area (Å²) in [5, 5.41) is 76.6. The fourth-order valence-corrected chi connectivity index (χ4v) is 8.95. The lowest BCUT2D eigenvalue weighted by atomic mass is 9.85. The highest BCUT2D eigenvalue weighted by molar-refractivity contribution is 7.47. The monoisotopic (exact) mass is 1080 g/mol. The first-order valence-electron chi connectivity index (χ1n) is 24.5. The third-order valence-electron chi connectivity index (χ3n) is 12.6. The average molecular weight is 1080 g/mol. The predicted octanol–water partition coefficient (Wildman–Crippen LogP) is 1.44. The maximum absolute atomic E-state index is 13.5. The van der Waals surface area contributed by atoms with E-state index in [0.717, 1.165) is 64.4 Å². The molecule has 3 aliphatic heterocycles. The zero-order chi connectivity index (χ0) is 55.7. The summed E-state index contributed by atoms with van der Waals surface area (Å²) in [5.41, 5.74) is 13.1. The highest BCUT2D eigenvalue weighted by atomic mass is 31.2. The molecular formula is C49H82N3O21P. The molecule has 3 aliphatic rings. The second kappa shape index (κ2) is 29.9. The number of phosphoric acid groups is 1. The number of nitrogens with two attached hydrogens (primary N) is 2. The Bertz CT molecular complexity index is 2010. The van der Waals surface area contributed by atoms with Gasteiger partial charge in [0.1, 0.15) is 54.4 Å². The molecule has 3 fully saturated rings. The number of carbonyl (C=O) groups excluding carboxylic acids is 3. The summed E-state index contributed by atoms with van der Waals surface area (Å²) in [6.45, 7) is 16.7. The largest absolute Gasteiger partial charge is 0.474 e. The Morgan fingerprint density at radius 2 is 1.46 bits per heavy atom. The van der Waals surface area contributed by atoms with E-state index in [1.54, 1.807) is 0 Å². The highest BCUT2D eigenvalue weighted by Crippen LogP contribution is 2.48. The van der Waals surface area contributed by atoms with Gasteiger partial charge < -0.3 is 90.6 Å². The van der Waals surface area contributed by atoms with Crippen LogP contribution in [0.5, 0.6) is 0 Å². The van der Waals surface area contributed by atoms with Crippen LogP contribution in [0.15, 0.2) is 59.3 Å². The molecule has 16 atom stereocenters. The lowest BCUT2D eigenvalue weighted by Gasteiger charge is -2.50. The fraction of sp³-hybridized carbons (Fsp3) is 0.735. The van der Waals surface area contributed by atoms with Gasteiger partial charge in [-0.15, -0.1) is 0 Å². The zero-order valence-electron chi connectivity index (χ0n) is 43.6. The molecule has 74 heavy (non-hydrogen) atoms. The smallest absolute Gasteiger partial charge is 0.440 e. The van der Waals surface area contributed by atoms with Crippen molar-refractivity contribution in [3.8, 4) is 0 Å². The molecule has 0 spiro atoms. The molecule has 0 aromatic carbocycles. The quantitative estimate of drug-likeness (QED) is 0.0287. The summed E-state index contributed by atoms with van der Waals surface area (Å²) in [5.74, 6) is -2.19. The van der Waals surface area contributed by atoms with E-state index in [1.165, 1.54) is 16.7 Å². The first kappa shape index (κ1) is 64.8. The Labute approximate surface area is 432 Å². The topological polar surface area (TPSA) is 377 Å². The van der Waals surface area contributed by atoms with Gasteiger partial charge in [-0.2, -0.15) is 0 Å². The standard InChI is InChI=1S/C49H82N3O21P/c1-27(2)13-12-15-28(3)16-17-30(5)18-21-48(7,8)20-11-10-14-29(4)19-22-65-23-24-67-74(63,64)73-46-40(41(72-47(51)61)49(9,62)42(71-46)43(50)60)70-44-34(52-31(6)54)37(57)36(56)33(69-44)26-66-45-39(59)38(58)35(55)32(25-53)68-45/h11,13,16,19-20,32-42,44-46,53,55-59,62H,5,10,12,14-15,17-18,21-26H2,1-4,6-9H3,(H2,50,60)(H2,51,61)(H,52,54)(H,63,64)/b20-11+,28-16+,29-19-. The molecule has 3 rings (SSSR count). The van der Waals surface area contributed by atoms with Gasteiger partial charge in [-0.1, -0.05) is 73.1 Å². The number of phosphoric ester groups is 1. The van der Waals surface area contributed by atoms with Crippen molar-refractivity contribution >= 4 is 25.7 Å². The molecule has 0 saturated carbocycles. The van der Waals surface area contributed by atoms with Crippen LogP contribution in [-0.4, -0.2) is 183 Å². The lowest BCUT2D eigenvalue weighted by Crippen LogP contribution is -2.72. The fourth-order valence-electron chi connectivity index (χ4n) is 8.15. The van der Waals surface area contributed by atoms with Crippen LogP contribution < -0.4 is 16.8 Å². The van der Waals surface area contributed by atoms with E-state index in [2.05, 4.69) is 70.8 Å². The molecule has 3 heterocycles. The molecule has 3 saturated heterocycles. The van der Waals surface area contributed by atoms with Crippen molar-refractivity contribution in [2.45, 2.75) is 192 Å². The molecule has 13 N–H and O–H groups in total. The van der Waals surface area contributed by atoms with E-state index in [0.29, 0.717) is 0 Å². The molecule has 25 heteroatoms. The van der Waals surface area contributed by atoms with Crippen LogP contribution in [0.3, 0.4) is 0 Å². The third-order valence-corrected chi connectivity index (χ3v) is 13.6. The Hall–Kier alpha value is -3.50. The predicted molar refractivity (Wildman–Crippen MR) is 265 cm³/mol. The number of ether oxygens (including phenoxy) is 7. The molecule has 16 unspecified atom stereocenters. The molecule has 424 valence electrons. The highest BCUT2D eigenvalue weighted by Gasteiger charge is 2.61. The van der Waals surface area contributed by atoms with Crippen molar-refractivity contribution in [3.63, 3.8) is 0 Å². The van der Waals surface area contributed by atoms with Gasteiger partial charge in [-0.05, 0) is 85.0 Å². The Balaban J connectivity index is 1.66. The van der Waals surface area contributed by atoms with E-state index < -0.39 is 137 Å². The van der Waals surface area contributed by atoms with Crippen molar-refractivity contribution in [1.29, 1.82) is 0 Å². The molecule has 24 nitrogen and oxygen atoms in total. The summed E-state index contributed by atoms with van der Waals surface area (Å²) in [6, 6.07) is -1.73. The number of hydrogen-bond acceptors (Lipinski definition) is 20. The summed E-state index contributed by atoms with van der Waals surface area (Å²) in [4.78, 5) is 48.1. The number of nitrogens with one attached hydrogen (secondary N) is 1. The summed E-state index contributed by atoms with van der Waals surface area (Å²) in [6.07, 6.45) is -9.48. The van der Waals surface area contributed by atoms with E-state index in [4.69, 9.17) is 53.7 Å². The number of rotatable bonds is 29. The van der Waals surface area contributed by atoms with Gasteiger partial charge in [0.15, 0.2) is 37.2 Å². The second-order valence-corrected chi connectivity index (χ2v) is 21.4. The van der Waals surface area contributed by atoms with Gasteiger partial charge in [0.25, 0.3) is 0 Å². The van der Waals surface area contributed by atoms with E-state index in [-0.39, 0.29) is 18.6 Å². The van der Waals surface area contributed by atoms with Gasteiger partial charge in [0, 0.05) is 6.92 Å². The average Bonchev–Trinajstić information content (AvgIpc) is 3.30. The molecule has 0 bridgehead atoms. The van der Waals surface area contributed by atoms with E-state index >= 15 is 0 Å². The molecule has 0 radical (unpaired) electrons. The summed E-state index contributed by atoms with van der Waals surface area (Å²) >= 11 is 0. The normalized spacial score (nSPS) is 32.9. The van der Waals surface area contributed by atoms with Gasteiger partial charge in [0.2, 0.25) is 11.8 Å². The van der Waals surface area contributed by atoms with Crippen LogP contribution in [0.4, 0.5) is 4.79 Å². The number of carbonyl (C=O) groups is 3. The molecular weight excluding hydrogens is 998 g/mol. The molecule has 0 aromatic rings. The van der Waals surface area contributed by atoms with Crippen LogP contribution in [0.2, 0.25) is 0 Å². The van der Waals surface area contributed by atoms with Crippen molar-refractivity contribution in [2.24, 2.45) is 16.9 Å². The molecule has 3 amide bonds. The summed E-state index contributed by atoms with van der Waals surface area (Å²) in [7, 11) is -5.29. The van der Waals surface area contributed by atoms with Crippen LogP contribution in [-0.2, 0) is 56.4 Å². The minimum Gasteiger partial charge on any atom is -0.440 e. The van der Waals surface area contributed by atoms with Gasteiger partial charge >= 0.3 is 13.9 Å². The van der Waals surface area contributed by atoms with Crippen molar-refractivity contribution in [3.05, 3.63) is 59.3 Å². The lowest BCUT2D eigenvalue weighted by molar-refractivity contribution is -0.358. The first-order chi connectivity index (χ1) is 34.5.